The smallest absolute Gasteiger partial charge is 0.178 e. The number of hydrogen-bond acceptors (Lipinski definition) is 5. The maximum Gasteiger partial charge on any atom is 0.178 e. The number of benzene rings is 1. The highest BCUT2D eigenvalue weighted by molar-refractivity contribution is 5.76. The molecule has 0 unspecified atom stereocenters. The summed E-state index contributed by atoms with van der Waals surface area (Å²) in [6.45, 7) is 5.57. The van der Waals surface area contributed by atoms with E-state index in [1.165, 1.54) is 13.2 Å². The van der Waals surface area contributed by atoms with Crippen LogP contribution in [0.4, 0.5) is 10.1 Å². The van der Waals surface area contributed by atoms with Gasteiger partial charge in [0.05, 0.1) is 29.9 Å². The van der Waals surface area contributed by atoms with Crippen molar-refractivity contribution in [2.45, 2.75) is 26.3 Å². The van der Waals surface area contributed by atoms with Gasteiger partial charge in [-0.15, -0.1) is 0 Å². The van der Waals surface area contributed by atoms with Crippen molar-refractivity contribution in [1.82, 2.24) is 14.6 Å². The van der Waals surface area contributed by atoms with Gasteiger partial charge in [-0.1, -0.05) is 0 Å². The van der Waals surface area contributed by atoms with Crippen LogP contribution in [0.25, 0.3) is 16.9 Å². The van der Waals surface area contributed by atoms with Crippen molar-refractivity contribution in [1.29, 1.82) is 0 Å². The second-order valence-corrected chi connectivity index (χ2v) is 6.80. The van der Waals surface area contributed by atoms with Gasteiger partial charge in [-0.3, -0.25) is 0 Å². The molecule has 26 heavy (non-hydrogen) atoms. The molecule has 3 aromatic rings. The highest BCUT2D eigenvalue weighted by Crippen LogP contribution is 2.32. The normalized spacial score (nSPS) is 17.3. The number of nitrogens with zero attached hydrogens (tertiary/aromatic N) is 4. The van der Waals surface area contributed by atoms with Crippen LogP contribution in [0.1, 0.15) is 17.8 Å². The Kier molecular flexibility index (Phi) is 4.03. The summed E-state index contributed by atoms with van der Waals surface area (Å²) < 4.78 is 21.1. The Hall–Kier alpha value is -2.67. The summed E-state index contributed by atoms with van der Waals surface area (Å²) in [4.78, 5) is 6.99. The fourth-order valence-electron chi connectivity index (χ4n) is 3.61. The van der Waals surface area contributed by atoms with E-state index in [9.17, 15) is 4.39 Å². The van der Waals surface area contributed by atoms with Gasteiger partial charge in [0, 0.05) is 24.7 Å². The van der Waals surface area contributed by atoms with E-state index in [4.69, 9.17) is 15.5 Å². The molecule has 1 fully saturated rings. The lowest BCUT2D eigenvalue weighted by atomic mass is 10.1. The maximum absolute atomic E-state index is 14.2. The molecule has 0 spiro atoms. The van der Waals surface area contributed by atoms with Gasteiger partial charge >= 0.3 is 0 Å². The summed E-state index contributed by atoms with van der Waals surface area (Å²) in [5.74, 6) is -0.186. The molecule has 1 aliphatic heterocycles. The topological polar surface area (TPSA) is 68.7 Å². The SMILES string of the molecule is COc1ccc(-c2c(C)nc3c(N4CC[C@@H](N)C4)cc(C)nn23)cc1F. The first-order valence-corrected chi connectivity index (χ1v) is 8.69. The van der Waals surface area contributed by atoms with Gasteiger partial charge in [0.15, 0.2) is 17.2 Å². The summed E-state index contributed by atoms with van der Waals surface area (Å²) in [7, 11) is 1.45. The van der Waals surface area contributed by atoms with Crippen molar-refractivity contribution in [2.24, 2.45) is 5.73 Å². The molecule has 1 atom stereocenters. The van der Waals surface area contributed by atoms with E-state index in [1.54, 1.807) is 6.07 Å². The van der Waals surface area contributed by atoms with E-state index in [1.807, 2.05) is 30.5 Å². The molecule has 1 aliphatic rings. The highest BCUT2D eigenvalue weighted by Gasteiger charge is 2.24. The Bertz CT molecular complexity index is 984. The molecule has 136 valence electrons. The number of imidazole rings is 1. The summed E-state index contributed by atoms with van der Waals surface area (Å²) in [5.41, 5.74) is 11.1. The zero-order valence-electron chi connectivity index (χ0n) is 15.2. The average molecular weight is 355 g/mol. The quantitative estimate of drug-likeness (QED) is 0.782. The van der Waals surface area contributed by atoms with Crippen molar-refractivity contribution < 1.29 is 9.13 Å². The molecule has 3 heterocycles. The third kappa shape index (κ3) is 2.68. The van der Waals surface area contributed by atoms with Crippen LogP contribution in [-0.4, -0.2) is 40.8 Å². The fraction of sp³-hybridized carbons (Fsp3) is 0.368. The minimum atomic E-state index is -0.405. The Morgan fingerprint density at radius 3 is 2.73 bits per heavy atom. The number of aromatic nitrogens is 3. The molecule has 0 bridgehead atoms. The van der Waals surface area contributed by atoms with E-state index in [-0.39, 0.29) is 11.8 Å². The minimum Gasteiger partial charge on any atom is -0.494 e. The van der Waals surface area contributed by atoms with E-state index >= 15 is 0 Å². The zero-order chi connectivity index (χ0) is 18.4. The molecule has 4 rings (SSSR count). The summed E-state index contributed by atoms with van der Waals surface area (Å²) in [5, 5.41) is 4.64. The summed E-state index contributed by atoms with van der Waals surface area (Å²) >= 11 is 0. The Morgan fingerprint density at radius 2 is 2.08 bits per heavy atom. The number of aryl methyl sites for hydroxylation is 2. The molecular formula is C19H22FN5O. The monoisotopic (exact) mass is 355 g/mol. The van der Waals surface area contributed by atoms with E-state index in [0.717, 1.165) is 53.5 Å². The molecule has 6 nitrogen and oxygen atoms in total. The minimum absolute atomic E-state index is 0.176. The van der Waals surface area contributed by atoms with Gasteiger partial charge in [0.2, 0.25) is 0 Å². The van der Waals surface area contributed by atoms with Crippen LogP contribution >= 0.6 is 0 Å². The third-order valence-electron chi connectivity index (χ3n) is 4.85. The predicted octanol–water partition coefficient (Wildman–Crippen LogP) is 2.70. The lowest BCUT2D eigenvalue weighted by molar-refractivity contribution is 0.386. The number of ether oxygens (including phenoxy) is 1. The molecule has 0 amide bonds. The molecule has 0 aliphatic carbocycles. The molecule has 1 saturated heterocycles. The summed E-state index contributed by atoms with van der Waals surface area (Å²) in [6, 6.07) is 7.13. The van der Waals surface area contributed by atoms with Crippen LogP contribution < -0.4 is 15.4 Å². The average Bonchev–Trinajstić information content (AvgIpc) is 3.17. The maximum atomic E-state index is 14.2. The fourth-order valence-corrected chi connectivity index (χ4v) is 3.61. The Morgan fingerprint density at radius 1 is 1.27 bits per heavy atom. The first-order chi connectivity index (χ1) is 12.5. The molecular weight excluding hydrogens is 333 g/mol. The van der Waals surface area contributed by atoms with Crippen molar-refractivity contribution in [3.63, 3.8) is 0 Å². The van der Waals surface area contributed by atoms with Crippen LogP contribution in [0.3, 0.4) is 0 Å². The second-order valence-electron chi connectivity index (χ2n) is 6.80. The Balaban J connectivity index is 1.90. The van der Waals surface area contributed by atoms with Gasteiger partial charge < -0.3 is 15.4 Å². The van der Waals surface area contributed by atoms with Crippen LogP contribution in [0.15, 0.2) is 24.3 Å². The van der Waals surface area contributed by atoms with E-state index < -0.39 is 5.82 Å². The summed E-state index contributed by atoms with van der Waals surface area (Å²) in [6.07, 6.45) is 0.962. The first-order valence-electron chi connectivity index (χ1n) is 8.69. The van der Waals surface area contributed by atoms with Crippen LogP contribution in [0.5, 0.6) is 5.75 Å². The molecule has 0 radical (unpaired) electrons. The highest BCUT2D eigenvalue weighted by atomic mass is 19.1. The third-order valence-corrected chi connectivity index (χ3v) is 4.85. The standard InChI is InChI=1S/C19H22FN5O/c1-11-8-16(24-7-6-14(21)10-24)19-22-12(2)18(25(19)23-11)13-4-5-17(26-3)15(20)9-13/h4-5,8-9,14H,6-7,10,21H2,1-3H3/t14-/m1/s1. The predicted molar refractivity (Wildman–Crippen MR) is 99.2 cm³/mol. The van der Waals surface area contributed by atoms with Crippen molar-refractivity contribution >= 4 is 11.3 Å². The van der Waals surface area contributed by atoms with Crippen LogP contribution in [0, 0.1) is 19.7 Å². The van der Waals surface area contributed by atoms with Gasteiger partial charge in [0.1, 0.15) is 0 Å². The van der Waals surface area contributed by atoms with Crippen molar-refractivity contribution in [3.05, 3.63) is 41.5 Å². The lowest BCUT2D eigenvalue weighted by Gasteiger charge is -2.19. The molecule has 2 aromatic heterocycles. The number of halogens is 1. The number of nitrogens with two attached hydrogens (primary N) is 1. The molecule has 1 aromatic carbocycles. The molecule has 0 saturated carbocycles. The van der Waals surface area contributed by atoms with Gasteiger partial charge in [-0.25, -0.2) is 13.9 Å². The number of methoxy groups -OCH3 is 1. The number of rotatable bonds is 3. The van der Waals surface area contributed by atoms with E-state index in [0.29, 0.717) is 0 Å². The zero-order valence-corrected chi connectivity index (χ0v) is 15.2. The largest absolute Gasteiger partial charge is 0.494 e. The van der Waals surface area contributed by atoms with Crippen molar-refractivity contribution in [2.75, 3.05) is 25.1 Å². The number of anilines is 1. The van der Waals surface area contributed by atoms with E-state index in [2.05, 4.69) is 10.00 Å². The van der Waals surface area contributed by atoms with Gasteiger partial charge in [-0.05, 0) is 44.5 Å². The van der Waals surface area contributed by atoms with Gasteiger partial charge in [-0.2, -0.15) is 5.10 Å². The second kappa shape index (κ2) is 6.25. The van der Waals surface area contributed by atoms with Crippen molar-refractivity contribution in [3.8, 4) is 17.0 Å². The lowest BCUT2D eigenvalue weighted by Crippen LogP contribution is -2.27. The number of hydrogen-bond donors (Lipinski definition) is 1. The van der Waals surface area contributed by atoms with Crippen LogP contribution in [-0.2, 0) is 0 Å². The van der Waals surface area contributed by atoms with Crippen LogP contribution in [0.2, 0.25) is 0 Å². The molecule has 7 heteroatoms. The van der Waals surface area contributed by atoms with Gasteiger partial charge in [0.25, 0.3) is 0 Å². The Labute approximate surface area is 151 Å². The number of fused-ring (bicyclic) bond motifs is 1. The molecule has 2 N–H and O–H groups in total. The first kappa shape index (κ1) is 16.8.